The molecule has 0 aliphatic rings. The molecule has 0 spiro atoms. The standard InChI is InChI=1S/C6H15BS/c1-5(3-4-7)6(2)8/h5-6,8H,3-4,7H2,1-2H3. The fraction of sp³-hybridized carbons (Fsp3) is 1.00. The molecule has 0 amide bonds. The number of hydrogen-bond donors (Lipinski definition) is 1. The zero-order chi connectivity index (χ0) is 6.57. The summed E-state index contributed by atoms with van der Waals surface area (Å²) in [6.07, 6.45) is 2.59. The van der Waals surface area contributed by atoms with Gasteiger partial charge in [-0.25, -0.2) is 0 Å². The lowest BCUT2D eigenvalue weighted by molar-refractivity contribution is 0.560. The van der Waals surface area contributed by atoms with Crippen LogP contribution >= 0.6 is 12.6 Å². The van der Waals surface area contributed by atoms with Crippen LogP contribution in [0.3, 0.4) is 0 Å². The van der Waals surface area contributed by atoms with E-state index in [-0.39, 0.29) is 0 Å². The number of rotatable bonds is 3. The Balaban J connectivity index is 3.17. The van der Waals surface area contributed by atoms with E-state index in [1.165, 1.54) is 12.7 Å². The highest BCUT2D eigenvalue weighted by Crippen LogP contribution is 2.13. The Bertz CT molecular complexity index is 54.5. The summed E-state index contributed by atoms with van der Waals surface area (Å²) in [4.78, 5) is 0. The third-order valence-electron chi connectivity index (χ3n) is 1.57. The second kappa shape index (κ2) is 4.31. The average molecular weight is 130 g/mol. The molecule has 48 valence electrons. The van der Waals surface area contributed by atoms with Crippen molar-refractivity contribution in [2.75, 3.05) is 0 Å². The third kappa shape index (κ3) is 3.42. The Morgan fingerprint density at radius 3 is 2.12 bits per heavy atom. The lowest BCUT2D eigenvalue weighted by Crippen LogP contribution is -2.05. The Labute approximate surface area is 58.9 Å². The van der Waals surface area contributed by atoms with Gasteiger partial charge in [-0.1, -0.05) is 26.6 Å². The van der Waals surface area contributed by atoms with Gasteiger partial charge in [-0.3, -0.25) is 0 Å². The topological polar surface area (TPSA) is 0 Å². The Morgan fingerprint density at radius 1 is 1.50 bits per heavy atom. The molecule has 0 aromatic carbocycles. The molecule has 0 nitrogen and oxygen atoms in total. The maximum Gasteiger partial charge on any atom is 0.101 e. The van der Waals surface area contributed by atoms with Crippen LogP contribution < -0.4 is 0 Å². The highest BCUT2D eigenvalue weighted by atomic mass is 32.1. The van der Waals surface area contributed by atoms with E-state index in [0.717, 1.165) is 5.92 Å². The minimum Gasteiger partial charge on any atom is -0.176 e. The molecule has 0 heterocycles. The van der Waals surface area contributed by atoms with Gasteiger partial charge in [0.15, 0.2) is 0 Å². The molecule has 0 rings (SSSR count). The number of hydrogen-bond acceptors (Lipinski definition) is 1. The van der Waals surface area contributed by atoms with Crippen LogP contribution in [0.25, 0.3) is 0 Å². The molecule has 0 N–H and O–H groups in total. The van der Waals surface area contributed by atoms with Crippen molar-refractivity contribution in [3.05, 3.63) is 0 Å². The molecule has 0 fully saturated rings. The highest BCUT2D eigenvalue weighted by Gasteiger charge is 2.04. The molecule has 8 heavy (non-hydrogen) atoms. The predicted molar refractivity (Wildman–Crippen MR) is 45.6 cm³/mol. The molecule has 0 aliphatic carbocycles. The van der Waals surface area contributed by atoms with Gasteiger partial charge >= 0.3 is 0 Å². The van der Waals surface area contributed by atoms with E-state index in [2.05, 4.69) is 34.3 Å². The van der Waals surface area contributed by atoms with Gasteiger partial charge < -0.3 is 0 Å². The van der Waals surface area contributed by atoms with E-state index >= 15 is 0 Å². The predicted octanol–water partition coefficient (Wildman–Crippen LogP) is 1.38. The second-order valence-corrected chi connectivity index (χ2v) is 3.32. The maximum absolute atomic E-state index is 4.33. The molecule has 0 saturated carbocycles. The molecule has 0 radical (unpaired) electrons. The van der Waals surface area contributed by atoms with E-state index in [4.69, 9.17) is 0 Å². The fourth-order valence-corrected chi connectivity index (χ4v) is 0.846. The monoisotopic (exact) mass is 130 g/mol. The highest BCUT2D eigenvalue weighted by molar-refractivity contribution is 7.80. The lowest BCUT2D eigenvalue weighted by atomic mass is 9.93. The zero-order valence-corrected chi connectivity index (χ0v) is 6.91. The largest absolute Gasteiger partial charge is 0.176 e. The summed E-state index contributed by atoms with van der Waals surface area (Å²) in [5.74, 6) is 0.781. The molecule has 0 aromatic rings. The van der Waals surface area contributed by atoms with Crippen LogP contribution in [0.2, 0.25) is 6.32 Å². The van der Waals surface area contributed by atoms with Gasteiger partial charge in [0.2, 0.25) is 0 Å². The van der Waals surface area contributed by atoms with Crippen molar-refractivity contribution in [1.29, 1.82) is 0 Å². The normalized spacial score (nSPS) is 17.9. The van der Waals surface area contributed by atoms with Gasteiger partial charge in [0.25, 0.3) is 0 Å². The van der Waals surface area contributed by atoms with Gasteiger partial charge in [0, 0.05) is 5.25 Å². The van der Waals surface area contributed by atoms with Crippen molar-refractivity contribution < 1.29 is 0 Å². The van der Waals surface area contributed by atoms with Crippen LogP contribution in [-0.2, 0) is 0 Å². The minimum absolute atomic E-state index is 0.565. The maximum atomic E-state index is 4.33. The summed E-state index contributed by atoms with van der Waals surface area (Å²) in [7, 11) is 2.21. The quantitative estimate of drug-likeness (QED) is 0.433. The Kier molecular flexibility index (Phi) is 4.53. The van der Waals surface area contributed by atoms with E-state index in [0.29, 0.717) is 5.25 Å². The molecule has 0 aliphatic heterocycles. The van der Waals surface area contributed by atoms with Crippen molar-refractivity contribution in [2.24, 2.45) is 5.92 Å². The van der Waals surface area contributed by atoms with E-state index in [1.54, 1.807) is 0 Å². The summed E-state index contributed by atoms with van der Waals surface area (Å²) in [5, 5.41) is 0.565. The van der Waals surface area contributed by atoms with Gasteiger partial charge in [-0.05, 0) is 5.92 Å². The first-order chi connectivity index (χ1) is 3.68. The molecule has 0 bridgehead atoms. The smallest absolute Gasteiger partial charge is 0.101 e. The van der Waals surface area contributed by atoms with Crippen LogP contribution in [-0.4, -0.2) is 13.1 Å². The van der Waals surface area contributed by atoms with Gasteiger partial charge in [0.1, 0.15) is 7.85 Å². The summed E-state index contributed by atoms with van der Waals surface area (Å²) < 4.78 is 0. The molecule has 2 unspecified atom stereocenters. The summed E-state index contributed by atoms with van der Waals surface area (Å²) in [6.45, 7) is 4.41. The average Bonchev–Trinajstić information content (AvgIpc) is 1.67. The third-order valence-corrected chi connectivity index (χ3v) is 2.08. The zero-order valence-electron chi connectivity index (χ0n) is 6.02. The fourth-order valence-electron chi connectivity index (χ4n) is 0.697. The first-order valence-electron chi connectivity index (χ1n) is 3.36. The van der Waals surface area contributed by atoms with Crippen LogP contribution in [0.5, 0.6) is 0 Å². The van der Waals surface area contributed by atoms with Crippen LogP contribution in [0.1, 0.15) is 20.3 Å². The summed E-state index contributed by atoms with van der Waals surface area (Å²) in [6, 6.07) is 0. The van der Waals surface area contributed by atoms with Crippen LogP contribution in [0.15, 0.2) is 0 Å². The molecule has 0 saturated heterocycles. The van der Waals surface area contributed by atoms with Crippen molar-refractivity contribution in [3.8, 4) is 0 Å². The van der Waals surface area contributed by atoms with Crippen molar-refractivity contribution >= 4 is 20.5 Å². The van der Waals surface area contributed by atoms with Gasteiger partial charge in [0.05, 0.1) is 0 Å². The van der Waals surface area contributed by atoms with Crippen molar-refractivity contribution in [3.63, 3.8) is 0 Å². The van der Waals surface area contributed by atoms with Gasteiger partial charge in [-0.15, -0.1) is 0 Å². The summed E-state index contributed by atoms with van der Waals surface area (Å²) in [5.41, 5.74) is 0. The van der Waals surface area contributed by atoms with E-state index in [1.807, 2.05) is 0 Å². The second-order valence-electron chi connectivity index (χ2n) is 2.51. The van der Waals surface area contributed by atoms with Gasteiger partial charge in [-0.2, -0.15) is 12.6 Å². The lowest BCUT2D eigenvalue weighted by Gasteiger charge is -2.11. The first-order valence-corrected chi connectivity index (χ1v) is 3.88. The van der Waals surface area contributed by atoms with Crippen LogP contribution in [0, 0.1) is 5.92 Å². The Hall–Kier alpha value is 0.415. The summed E-state index contributed by atoms with van der Waals surface area (Å²) >= 11 is 4.33. The first kappa shape index (κ1) is 8.41. The molecule has 0 aromatic heterocycles. The molecule has 2 heteroatoms. The van der Waals surface area contributed by atoms with E-state index in [9.17, 15) is 0 Å². The van der Waals surface area contributed by atoms with Crippen LogP contribution in [0.4, 0.5) is 0 Å². The van der Waals surface area contributed by atoms with Crippen molar-refractivity contribution in [1.82, 2.24) is 0 Å². The molecular weight excluding hydrogens is 115 g/mol. The SMILES string of the molecule is BCCC(C)C(C)S. The van der Waals surface area contributed by atoms with E-state index < -0.39 is 0 Å². The van der Waals surface area contributed by atoms with Crippen molar-refractivity contribution in [2.45, 2.75) is 31.8 Å². The molecule has 2 atom stereocenters. The Morgan fingerprint density at radius 2 is 2.00 bits per heavy atom. The molecular formula is C6H15BS. The minimum atomic E-state index is 0.565. The number of thiol groups is 1.